The van der Waals surface area contributed by atoms with Crippen LogP contribution in [-0.4, -0.2) is 31.1 Å². The van der Waals surface area contributed by atoms with E-state index >= 15 is 0 Å². The summed E-state index contributed by atoms with van der Waals surface area (Å²) in [6, 6.07) is 8.30. The third kappa shape index (κ3) is 3.73. The molecule has 3 nitrogen and oxygen atoms in total. The lowest BCUT2D eigenvalue weighted by molar-refractivity contribution is 0.358. The minimum Gasteiger partial charge on any atom is -0.497 e. The highest BCUT2D eigenvalue weighted by molar-refractivity contribution is 8.13. The van der Waals surface area contributed by atoms with Crippen molar-refractivity contribution in [2.75, 3.05) is 26.0 Å². The van der Waals surface area contributed by atoms with Crippen LogP contribution in [0.25, 0.3) is 0 Å². The van der Waals surface area contributed by atoms with Gasteiger partial charge in [-0.3, -0.25) is 4.99 Å². The van der Waals surface area contributed by atoms with Crippen molar-refractivity contribution in [1.29, 1.82) is 0 Å². The van der Waals surface area contributed by atoms with E-state index in [1.807, 2.05) is 23.9 Å². The molecule has 0 atom stereocenters. The molecule has 1 spiro atoms. The predicted octanol–water partition coefficient (Wildman–Crippen LogP) is 3.49. The van der Waals surface area contributed by atoms with Gasteiger partial charge in [-0.05, 0) is 42.4 Å². The summed E-state index contributed by atoms with van der Waals surface area (Å²) >= 11 is 1.92. The number of thioether (sulfide) groups is 1. The quantitative estimate of drug-likeness (QED) is 0.924. The molecule has 4 heteroatoms. The van der Waals surface area contributed by atoms with Gasteiger partial charge in [-0.15, -0.1) is 0 Å². The van der Waals surface area contributed by atoms with Gasteiger partial charge in [0.2, 0.25) is 0 Å². The third-order valence-electron chi connectivity index (χ3n) is 4.59. The van der Waals surface area contributed by atoms with E-state index in [0.717, 1.165) is 30.4 Å². The Balaban J connectivity index is 1.44. The first-order chi connectivity index (χ1) is 10.3. The van der Waals surface area contributed by atoms with Crippen molar-refractivity contribution in [3.05, 3.63) is 29.8 Å². The molecular formula is C17H24N2OS. The van der Waals surface area contributed by atoms with Gasteiger partial charge in [-0.1, -0.05) is 36.7 Å². The Morgan fingerprint density at radius 2 is 2.00 bits per heavy atom. The van der Waals surface area contributed by atoms with Crippen LogP contribution in [0.2, 0.25) is 0 Å². The van der Waals surface area contributed by atoms with Crippen LogP contribution in [0, 0.1) is 5.41 Å². The van der Waals surface area contributed by atoms with Crippen LogP contribution in [0.3, 0.4) is 0 Å². The normalized spacial score (nSPS) is 20.3. The highest BCUT2D eigenvalue weighted by Crippen LogP contribution is 2.43. The van der Waals surface area contributed by atoms with Gasteiger partial charge in [0.25, 0.3) is 0 Å². The Bertz CT molecular complexity index is 492. The molecule has 114 valence electrons. The van der Waals surface area contributed by atoms with Crippen molar-refractivity contribution >= 4 is 16.9 Å². The first kappa shape index (κ1) is 14.8. The molecule has 0 unspecified atom stereocenters. The summed E-state index contributed by atoms with van der Waals surface area (Å²) in [5.74, 6) is 2.17. The van der Waals surface area contributed by atoms with Crippen LogP contribution in [0.1, 0.15) is 31.2 Å². The van der Waals surface area contributed by atoms with Crippen LogP contribution in [0.5, 0.6) is 5.75 Å². The molecule has 1 aliphatic carbocycles. The van der Waals surface area contributed by atoms with Crippen molar-refractivity contribution in [3.8, 4) is 5.75 Å². The standard InChI is InChI=1S/C17H24N2OS/c1-20-15-6-4-14(5-7-15)8-11-18-16-19-12-17(13-21-16)9-2-3-10-17/h4-7H,2-3,8-13H2,1H3,(H,18,19). The number of methoxy groups -OCH3 is 1. The summed E-state index contributed by atoms with van der Waals surface area (Å²) in [4.78, 5) is 4.77. The molecule has 0 radical (unpaired) electrons. The maximum absolute atomic E-state index is 5.18. The second kappa shape index (κ2) is 6.73. The summed E-state index contributed by atoms with van der Waals surface area (Å²) < 4.78 is 5.18. The molecule has 3 rings (SSSR count). The van der Waals surface area contributed by atoms with Crippen LogP contribution in [-0.2, 0) is 6.42 Å². The molecular weight excluding hydrogens is 280 g/mol. The minimum atomic E-state index is 0.534. The van der Waals surface area contributed by atoms with Crippen molar-refractivity contribution in [2.45, 2.75) is 32.1 Å². The lowest BCUT2D eigenvalue weighted by Crippen LogP contribution is -2.34. The van der Waals surface area contributed by atoms with Crippen molar-refractivity contribution < 1.29 is 4.74 Å². The molecule has 2 aliphatic rings. The average Bonchev–Trinajstić information content (AvgIpc) is 2.98. The highest BCUT2D eigenvalue weighted by atomic mass is 32.2. The van der Waals surface area contributed by atoms with Gasteiger partial charge in [0.1, 0.15) is 5.75 Å². The van der Waals surface area contributed by atoms with Gasteiger partial charge in [0, 0.05) is 18.8 Å². The topological polar surface area (TPSA) is 33.6 Å². The van der Waals surface area contributed by atoms with E-state index in [4.69, 9.17) is 9.73 Å². The summed E-state index contributed by atoms with van der Waals surface area (Å²) in [6.45, 7) is 1.98. The molecule has 1 aromatic rings. The summed E-state index contributed by atoms with van der Waals surface area (Å²) in [5, 5.41) is 4.63. The first-order valence-electron chi connectivity index (χ1n) is 7.84. The fourth-order valence-electron chi connectivity index (χ4n) is 3.19. The van der Waals surface area contributed by atoms with Gasteiger partial charge >= 0.3 is 0 Å². The zero-order chi connectivity index (χ0) is 14.5. The van der Waals surface area contributed by atoms with Gasteiger partial charge in [0.15, 0.2) is 5.17 Å². The number of hydrogen-bond acceptors (Lipinski definition) is 4. The average molecular weight is 304 g/mol. The largest absolute Gasteiger partial charge is 0.497 e. The van der Waals surface area contributed by atoms with Crippen LogP contribution in [0.15, 0.2) is 29.3 Å². The number of aliphatic imine (C=N–C) groups is 1. The molecule has 1 aromatic carbocycles. The fraction of sp³-hybridized carbons (Fsp3) is 0.588. The summed E-state index contributed by atoms with van der Waals surface area (Å²) in [7, 11) is 1.70. The number of nitrogens with zero attached hydrogens (tertiary/aromatic N) is 1. The Morgan fingerprint density at radius 3 is 2.62 bits per heavy atom. The number of benzene rings is 1. The smallest absolute Gasteiger partial charge is 0.156 e. The number of amidine groups is 1. The first-order valence-corrected chi connectivity index (χ1v) is 8.82. The number of rotatable bonds is 4. The van der Waals surface area contributed by atoms with E-state index in [9.17, 15) is 0 Å². The zero-order valence-electron chi connectivity index (χ0n) is 12.7. The molecule has 21 heavy (non-hydrogen) atoms. The number of nitrogens with one attached hydrogen (secondary N) is 1. The van der Waals surface area contributed by atoms with Gasteiger partial charge < -0.3 is 10.1 Å². The predicted molar refractivity (Wildman–Crippen MR) is 90.4 cm³/mol. The van der Waals surface area contributed by atoms with Crippen molar-refractivity contribution in [3.63, 3.8) is 0 Å². The fourth-order valence-corrected chi connectivity index (χ4v) is 4.38. The molecule has 0 amide bonds. The van der Waals surface area contributed by atoms with E-state index < -0.39 is 0 Å². The number of ether oxygens (including phenoxy) is 1. The Hall–Kier alpha value is -1.16. The van der Waals surface area contributed by atoms with Crippen LogP contribution < -0.4 is 10.1 Å². The van der Waals surface area contributed by atoms with E-state index in [-0.39, 0.29) is 0 Å². The lowest BCUT2D eigenvalue weighted by atomic mass is 9.89. The van der Waals surface area contributed by atoms with E-state index in [0.29, 0.717) is 5.41 Å². The van der Waals surface area contributed by atoms with Gasteiger partial charge in [-0.2, -0.15) is 0 Å². The summed E-state index contributed by atoms with van der Waals surface area (Å²) in [5.41, 5.74) is 1.86. The van der Waals surface area contributed by atoms with Gasteiger partial charge in [0.05, 0.1) is 7.11 Å². The van der Waals surface area contributed by atoms with Crippen LogP contribution >= 0.6 is 11.8 Å². The van der Waals surface area contributed by atoms with Gasteiger partial charge in [-0.25, -0.2) is 0 Å². The molecule has 0 bridgehead atoms. The second-order valence-electron chi connectivity index (χ2n) is 6.14. The van der Waals surface area contributed by atoms with E-state index in [1.165, 1.54) is 37.0 Å². The molecule has 1 saturated carbocycles. The monoisotopic (exact) mass is 304 g/mol. The lowest BCUT2D eigenvalue weighted by Gasteiger charge is -2.31. The van der Waals surface area contributed by atoms with Crippen molar-refractivity contribution in [2.24, 2.45) is 10.4 Å². The maximum atomic E-state index is 5.18. The van der Waals surface area contributed by atoms with Crippen molar-refractivity contribution in [1.82, 2.24) is 5.32 Å². The molecule has 0 saturated heterocycles. The molecule has 1 fully saturated rings. The highest BCUT2D eigenvalue weighted by Gasteiger charge is 2.36. The Labute approximate surface area is 131 Å². The minimum absolute atomic E-state index is 0.534. The molecule has 1 N–H and O–H groups in total. The van der Waals surface area contributed by atoms with E-state index in [2.05, 4.69) is 17.4 Å². The SMILES string of the molecule is COc1ccc(CCNC2=NCC3(CCCC3)CS2)cc1. The third-order valence-corrected chi connectivity index (χ3v) is 5.89. The molecule has 0 aromatic heterocycles. The molecule has 1 heterocycles. The molecule has 1 aliphatic heterocycles. The Kier molecular flexibility index (Phi) is 4.73. The Morgan fingerprint density at radius 1 is 1.24 bits per heavy atom. The number of hydrogen-bond donors (Lipinski definition) is 1. The second-order valence-corrected chi connectivity index (χ2v) is 7.11. The van der Waals surface area contributed by atoms with Crippen LogP contribution in [0.4, 0.5) is 0 Å². The maximum Gasteiger partial charge on any atom is 0.156 e. The van der Waals surface area contributed by atoms with E-state index in [1.54, 1.807) is 7.11 Å². The summed E-state index contributed by atoms with van der Waals surface area (Å²) in [6.07, 6.45) is 6.58. The zero-order valence-corrected chi connectivity index (χ0v) is 13.5.